The first kappa shape index (κ1) is 16.5. The fourth-order valence-corrected chi connectivity index (χ4v) is 3.69. The molecule has 138 valence electrons. The molecule has 0 atom stereocenters. The number of H-pyrrole nitrogens is 1. The molecule has 0 fully saturated rings. The molecule has 0 saturated heterocycles. The third-order valence-corrected chi connectivity index (χ3v) is 5.19. The molecule has 2 aromatic carbocycles. The number of Topliss-reactive ketones (excluding diaryl/α,β-unsaturated/α-hetero) is 1. The number of anilines is 1. The van der Waals surface area contributed by atoms with E-state index in [9.17, 15) is 9.59 Å². The standard InChI is InChI=1S/C19H12N4O4S/c24-16(12-8-20-13-4-2-1-3-11(12)13)17(25)21-19-23-22-18(28-19)10-5-6-14-15(7-10)27-9-26-14/h1-8,20H,9H2,(H,21,23,25). The van der Waals surface area contributed by atoms with Crippen LogP contribution in [0.4, 0.5) is 5.13 Å². The SMILES string of the molecule is O=C(Nc1nnc(-c2ccc3c(c2)OCO3)s1)C(=O)c1c[nH]c2ccccc12. The van der Waals surface area contributed by atoms with E-state index in [1.54, 1.807) is 18.2 Å². The normalized spacial score (nSPS) is 12.3. The molecule has 0 unspecified atom stereocenters. The Labute approximate surface area is 162 Å². The molecule has 28 heavy (non-hydrogen) atoms. The molecule has 2 aromatic heterocycles. The van der Waals surface area contributed by atoms with Crippen molar-refractivity contribution in [2.75, 3.05) is 12.1 Å². The number of rotatable bonds is 4. The van der Waals surface area contributed by atoms with Crippen LogP contribution >= 0.6 is 11.3 Å². The zero-order chi connectivity index (χ0) is 19.1. The van der Waals surface area contributed by atoms with E-state index in [1.807, 2.05) is 24.3 Å². The Balaban J connectivity index is 1.35. The maximum atomic E-state index is 12.5. The first-order valence-corrected chi connectivity index (χ1v) is 9.16. The van der Waals surface area contributed by atoms with Gasteiger partial charge in [0.05, 0.1) is 5.56 Å². The molecule has 1 aliphatic heterocycles. The van der Waals surface area contributed by atoms with Crippen molar-refractivity contribution in [2.24, 2.45) is 0 Å². The maximum Gasteiger partial charge on any atom is 0.298 e. The highest BCUT2D eigenvalue weighted by molar-refractivity contribution is 7.18. The number of amides is 1. The molecular weight excluding hydrogens is 380 g/mol. The number of ether oxygens (including phenoxy) is 2. The van der Waals surface area contributed by atoms with Crippen LogP contribution in [0.1, 0.15) is 10.4 Å². The van der Waals surface area contributed by atoms with E-state index in [0.29, 0.717) is 27.5 Å². The van der Waals surface area contributed by atoms with Gasteiger partial charge in [-0.15, -0.1) is 10.2 Å². The highest BCUT2D eigenvalue weighted by Gasteiger charge is 2.22. The minimum absolute atomic E-state index is 0.187. The predicted molar refractivity (Wildman–Crippen MR) is 103 cm³/mol. The van der Waals surface area contributed by atoms with E-state index in [0.717, 1.165) is 11.1 Å². The van der Waals surface area contributed by atoms with Crippen LogP contribution in [0.2, 0.25) is 0 Å². The van der Waals surface area contributed by atoms with E-state index in [4.69, 9.17) is 9.47 Å². The Morgan fingerprint density at radius 3 is 2.86 bits per heavy atom. The number of carbonyl (C=O) groups is 2. The summed E-state index contributed by atoms with van der Waals surface area (Å²) in [6.45, 7) is 0.187. The van der Waals surface area contributed by atoms with Gasteiger partial charge in [-0.3, -0.25) is 14.9 Å². The lowest BCUT2D eigenvalue weighted by Crippen LogP contribution is -2.22. The van der Waals surface area contributed by atoms with Crippen molar-refractivity contribution in [3.8, 4) is 22.1 Å². The van der Waals surface area contributed by atoms with Crippen LogP contribution in [-0.2, 0) is 4.79 Å². The topological polar surface area (TPSA) is 106 Å². The highest BCUT2D eigenvalue weighted by Crippen LogP contribution is 2.37. The lowest BCUT2D eigenvalue weighted by Gasteiger charge is -2.00. The van der Waals surface area contributed by atoms with E-state index in [-0.39, 0.29) is 11.9 Å². The molecule has 4 aromatic rings. The van der Waals surface area contributed by atoms with Crippen molar-refractivity contribution in [1.29, 1.82) is 0 Å². The first-order chi connectivity index (χ1) is 13.7. The van der Waals surface area contributed by atoms with E-state index in [2.05, 4.69) is 20.5 Å². The Morgan fingerprint density at radius 1 is 1.07 bits per heavy atom. The molecule has 5 rings (SSSR count). The second-order valence-electron chi connectivity index (χ2n) is 6.01. The summed E-state index contributed by atoms with van der Waals surface area (Å²) in [5, 5.41) is 12.1. The van der Waals surface area contributed by atoms with Gasteiger partial charge in [0.2, 0.25) is 11.9 Å². The summed E-state index contributed by atoms with van der Waals surface area (Å²) < 4.78 is 10.6. The van der Waals surface area contributed by atoms with E-state index in [1.165, 1.54) is 17.5 Å². The van der Waals surface area contributed by atoms with Crippen molar-refractivity contribution in [3.63, 3.8) is 0 Å². The second-order valence-corrected chi connectivity index (χ2v) is 6.99. The number of benzene rings is 2. The molecule has 1 aliphatic rings. The number of aromatic amines is 1. The van der Waals surface area contributed by atoms with Crippen molar-refractivity contribution in [3.05, 3.63) is 54.2 Å². The average Bonchev–Trinajstić information content (AvgIpc) is 3.45. The Morgan fingerprint density at radius 2 is 1.93 bits per heavy atom. The Kier molecular flexibility index (Phi) is 3.80. The minimum Gasteiger partial charge on any atom is -0.454 e. The molecule has 0 spiro atoms. The Bertz CT molecular complexity index is 1230. The van der Waals surface area contributed by atoms with Gasteiger partial charge in [-0.25, -0.2) is 0 Å². The fourth-order valence-electron chi connectivity index (χ4n) is 2.96. The number of nitrogens with one attached hydrogen (secondary N) is 2. The summed E-state index contributed by atoms with van der Waals surface area (Å²) >= 11 is 1.17. The largest absolute Gasteiger partial charge is 0.454 e. The summed E-state index contributed by atoms with van der Waals surface area (Å²) in [5.41, 5.74) is 1.89. The van der Waals surface area contributed by atoms with Gasteiger partial charge in [-0.05, 0) is 24.3 Å². The smallest absolute Gasteiger partial charge is 0.298 e. The van der Waals surface area contributed by atoms with Crippen molar-refractivity contribution >= 4 is 39.1 Å². The van der Waals surface area contributed by atoms with Crippen molar-refractivity contribution in [2.45, 2.75) is 0 Å². The predicted octanol–water partition coefficient (Wildman–Crippen LogP) is 3.24. The molecule has 8 nitrogen and oxygen atoms in total. The van der Waals surface area contributed by atoms with Crippen LogP contribution in [-0.4, -0.2) is 33.7 Å². The van der Waals surface area contributed by atoms with Gasteiger partial charge in [0, 0.05) is 22.7 Å². The monoisotopic (exact) mass is 392 g/mol. The third-order valence-electron chi connectivity index (χ3n) is 4.31. The highest BCUT2D eigenvalue weighted by atomic mass is 32.1. The molecule has 0 bridgehead atoms. The van der Waals surface area contributed by atoms with Crippen LogP contribution in [0, 0.1) is 0 Å². The van der Waals surface area contributed by atoms with Crippen LogP contribution in [0.5, 0.6) is 11.5 Å². The summed E-state index contributed by atoms with van der Waals surface area (Å²) in [6, 6.07) is 12.7. The van der Waals surface area contributed by atoms with E-state index < -0.39 is 11.7 Å². The summed E-state index contributed by atoms with van der Waals surface area (Å²) in [6.07, 6.45) is 1.53. The number of aromatic nitrogens is 3. The summed E-state index contributed by atoms with van der Waals surface area (Å²) in [7, 11) is 0. The van der Waals surface area contributed by atoms with Crippen LogP contribution in [0.25, 0.3) is 21.5 Å². The van der Waals surface area contributed by atoms with Crippen LogP contribution in [0.3, 0.4) is 0 Å². The van der Waals surface area contributed by atoms with Gasteiger partial charge in [0.15, 0.2) is 11.5 Å². The number of para-hydroxylation sites is 1. The van der Waals surface area contributed by atoms with Crippen LogP contribution in [0.15, 0.2) is 48.7 Å². The maximum absolute atomic E-state index is 12.5. The van der Waals surface area contributed by atoms with Gasteiger partial charge in [-0.2, -0.15) is 0 Å². The summed E-state index contributed by atoms with van der Waals surface area (Å²) in [5.74, 6) is -0.102. The van der Waals surface area contributed by atoms with Gasteiger partial charge < -0.3 is 14.5 Å². The molecule has 2 N–H and O–H groups in total. The third kappa shape index (κ3) is 2.78. The molecule has 3 heterocycles. The Hall–Kier alpha value is -3.72. The van der Waals surface area contributed by atoms with Gasteiger partial charge in [0.1, 0.15) is 5.01 Å². The van der Waals surface area contributed by atoms with Gasteiger partial charge in [0.25, 0.3) is 11.7 Å². The van der Waals surface area contributed by atoms with Crippen molar-refractivity contribution < 1.29 is 19.1 Å². The molecule has 9 heteroatoms. The fraction of sp³-hybridized carbons (Fsp3) is 0.0526. The number of fused-ring (bicyclic) bond motifs is 2. The molecule has 0 saturated carbocycles. The van der Waals surface area contributed by atoms with Crippen LogP contribution < -0.4 is 14.8 Å². The number of hydrogen-bond donors (Lipinski definition) is 2. The second kappa shape index (κ2) is 6.46. The summed E-state index contributed by atoms with van der Waals surface area (Å²) in [4.78, 5) is 27.9. The molecular formula is C19H12N4O4S. The zero-order valence-corrected chi connectivity index (χ0v) is 15.1. The minimum atomic E-state index is -0.766. The zero-order valence-electron chi connectivity index (χ0n) is 14.3. The number of nitrogens with zero attached hydrogens (tertiary/aromatic N) is 2. The van der Waals surface area contributed by atoms with Crippen molar-refractivity contribution in [1.82, 2.24) is 15.2 Å². The van der Waals surface area contributed by atoms with Gasteiger partial charge in [-0.1, -0.05) is 29.5 Å². The molecule has 0 radical (unpaired) electrons. The molecule has 1 amide bonds. The quantitative estimate of drug-likeness (QED) is 0.408. The average molecular weight is 392 g/mol. The lowest BCUT2D eigenvalue weighted by atomic mass is 10.1. The molecule has 0 aliphatic carbocycles. The number of ketones is 1. The number of hydrogen-bond acceptors (Lipinski definition) is 7. The van der Waals surface area contributed by atoms with Gasteiger partial charge >= 0.3 is 0 Å². The number of carbonyl (C=O) groups excluding carboxylic acids is 2. The first-order valence-electron chi connectivity index (χ1n) is 8.34. The lowest BCUT2D eigenvalue weighted by molar-refractivity contribution is -0.112. The van der Waals surface area contributed by atoms with E-state index >= 15 is 0 Å².